The molecule has 138 valence electrons. The van der Waals surface area contributed by atoms with Crippen molar-refractivity contribution in [2.45, 2.75) is 45.6 Å². The maximum Gasteiger partial charge on any atom is 0.410 e. The maximum atomic E-state index is 12.0. The Hall–Kier alpha value is -2.38. The van der Waals surface area contributed by atoms with E-state index in [1.165, 1.54) is 12.3 Å². The van der Waals surface area contributed by atoms with Gasteiger partial charge in [-0.2, -0.15) is 0 Å². The third-order valence-corrected chi connectivity index (χ3v) is 3.97. The van der Waals surface area contributed by atoms with Gasteiger partial charge >= 0.3 is 11.9 Å². The summed E-state index contributed by atoms with van der Waals surface area (Å²) >= 11 is 0. The standard InChI is InChI=1S/C17H25N3O5/c1-17(2,3)25-16(21)19-9-6-13(7-10-19)8-11-24-14-4-5-15(18-12-14)20(22)23/h4-5,12-13H,6-11H2,1-3H3. The molecular weight excluding hydrogens is 326 g/mol. The minimum atomic E-state index is -0.539. The zero-order chi connectivity index (χ0) is 18.4. The summed E-state index contributed by atoms with van der Waals surface area (Å²) in [6.45, 7) is 7.50. The molecule has 25 heavy (non-hydrogen) atoms. The topological polar surface area (TPSA) is 94.8 Å². The minimum Gasteiger partial charge on any atom is -0.490 e. The summed E-state index contributed by atoms with van der Waals surface area (Å²) in [5, 5.41) is 10.5. The molecule has 0 aliphatic carbocycles. The summed E-state index contributed by atoms with van der Waals surface area (Å²) in [5.41, 5.74) is -0.472. The number of pyridine rings is 1. The third kappa shape index (κ3) is 6.21. The van der Waals surface area contributed by atoms with E-state index in [1.54, 1.807) is 11.0 Å². The quantitative estimate of drug-likeness (QED) is 0.596. The molecule has 8 nitrogen and oxygen atoms in total. The Morgan fingerprint density at radius 3 is 2.56 bits per heavy atom. The zero-order valence-corrected chi connectivity index (χ0v) is 14.9. The molecule has 1 aliphatic heterocycles. The molecule has 2 rings (SSSR count). The summed E-state index contributed by atoms with van der Waals surface area (Å²) < 4.78 is 11.0. The van der Waals surface area contributed by atoms with Gasteiger partial charge in [0.25, 0.3) is 0 Å². The van der Waals surface area contributed by atoms with E-state index in [1.807, 2.05) is 20.8 Å². The highest BCUT2D eigenvalue weighted by molar-refractivity contribution is 5.68. The lowest BCUT2D eigenvalue weighted by Gasteiger charge is -2.33. The first kappa shape index (κ1) is 19.0. The van der Waals surface area contributed by atoms with Gasteiger partial charge in [-0.25, -0.2) is 4.79 Å². The molecule has 1 amide bonds. The Labute approximate surface area is 147 Å². The second kappa shape index (κ2) is 8.13. The summed E-state index contributed by atoms with van der Waals surface area (Å²) in [7, 11) is 0. The average molecular weight is 351 g/mol. The number of piperidine rings is 1. The normalized spacial score (nSPS) is 15.7. The van der Waals surface area contributed by atoms with Crippen molar-refractivity contribution in [2.75, 3.05) is 19.7 Å². The molecule has 1 saturated heterocycles. The second-order valence-corrected chi connectivity index (χ2v) is 7.16. The van der Waals surface area contributed by atoms with Crippen molar-refractivity contribution in [1.29, 1.82) is 0 Å². The first-order chi connectivity index (χ1) is 11.7. The zero-order valence-electron chi connectivity index (χ0n) is 14.9. The van der Waals surface area contributed by atoms with Gasteiger partial charge in [-0.15, -0.1) is 0 Å². The fourth-order valence-electron chi connectivity index (χ4n) is 2.64. The average Bonchev–Trinajstić information content (AvgIpc) is 2.54. The number of nitro groups is 1. The number of nitrogens with zero attached hydrogens (tertiary/aromatic N) is 3. The molecule has 0 N–H and O–H groups in total. The number of amides is 1. The van der Waals surface area contributed by atoms with Crippen molar-refractivity contribution in [3.05, 3.63) is 28.4 Å². The largest absolute Gasteiger partial charge is 0.490 e. The summed E-state index contributed by atoms with van der Waals surface area (Å²) in [6, 6.07) is 2.88. The van der Waals surface area contributed by atoms with E-state index in [0.717, 1.165) is 19.3 Å². The highest BCUT2D eigenvalue weighted by Crippen LogP contribution is 2.23. The van der Waals surface area contributed by atoms with Crippen LogP contribution in [0.15, 0.2) is 18.3 Å². The van der Waals surface area contributed by atoms with Gasteiger partial charge in [0.15, 0.2) is 11.9 Å². The van der Waals surface area contributed by atoms with Crippen LogP contribution in [0.1, 0.15) is 40.0 Å². The van der Waals surface area contributed by atoms with Crippen LogP contribution >= 0.6 is 0 Å². The number of hydrogen-bond donors (Lipinski definition) is 0. The van der Waals surface area contributed by atoms with Crippen LogP contribution in [0.4, 0.5) is 10.6 Å². The molecule has 1 aromatic heterocycles. The highest BCUT2D eigenvalue weighted by atomic mass is 16.6. The van der Waals surface area contributed by atoms with Crippen molar-refractivity contribution in [1.82, 2.24) is 9.88 Å². The molecule has 0 bridgehead atoms. The number of aromatic nitrogens is 1. The molecule has 8 heteroatoms. The lowest BCUT2D eigenvalue weighted by atomic mass is 9.94. The van der Waals surface area contributed by atoms with Crippen LogP contribution in [0.2, 0.25) is 0 Å². The number of rotatable bonds is 5. The SMILES string of the molecule is CC(C)(C)OC(=O)N1CCC(CCOc2ccc([N+](=O)[O-])nc2)CC1. The molecule has 0 radical (unpaired) electrons. The van der Waals surface area contributed by atoms with Gasteiger partial charge < -0.3 is 24.5 Å². The number of carbonyl (C=O) groups excluding carboxylic acids is 1. The first-order valence-electron chi connectivity index (χ1n) is 8.46. The van der Waals surface area contributed by atoms with Crippen molar-refractivity contribution in [3.8, 4) is 5.75 Å². The van der Waals surface area contributed by atoms with Crippen molar-refractivity contribution < 1.29 is 19.2 Å². The fraction of sp³-hybridized carbons (Fsp3) is 0.647. The van der Waals surface area contributed by atoms with Gasteiger partial charge in [0.05, 0.1) is 6.61 Å². The van der Waals surface area contributed by atoms with E-state index < -0.39 is 10.5 Å². The minimum absolute atomic E-state index is 0.193. The molecule has 0 saturated carbocycles. The summed E-state index contributed by atoms with van der Waals surface area (Å²) in [5.74, 6) is 0.823. The smallest absolute Gasteiger partial charge is 0.410 e. The molecule has 0 spiro atoms. The molecule has 0 atom stereocenters. The number of carbonyl (C=O) groups is 1. The van der Waals surface area contributed by atoms with Gasteiger partial charge in [0.1, 0.15) is 5.60 Å². The van der Waals surface area contributed by atoms with Crippen LogP contribution in [-0.2, 0) is 4.74 Å². The molecule has 1 fully saturated rings. The van der Waals surface area contributed by atoms with Crippen LogP contribution in [-0.4, -0.2) is 46.2 Å². The Morgan fingerprint density at radius 2 is 2.04 bits per heavy atom. The third-order valence-electron chi connectivity index (χ3n) is 3.97. The number of likely N-dealkylation sites (tertiary alicyclic amines) is 1. The number of hydrogen-bond acceptors (Lipinski definition) is 6. The van der Waals surface area contributed by atoms with Crippen molar-refractivity contribution >= 4 is 11.9 Å². The molecule has 1 aliphatic rings. The lowest BCUT2D eigenvalue weighted by molar-refractivity contribution is -0.389. The van der Waals surface area contributed by atoms with Gasteiger partial charge in [-0.05, 0) is 61.9 Å². The number of ether oxygens (including phenoxy) is 2. The van der Waals surface area contributed by atoms with Crippen LogP contribution in [0.5, 0.6) is 5.75 Å². The van der Waals surface area contributed by atoms with Gasteiger partial charge in [-0.3, -0.25) is 0 Å². The van der Waals surface area contributed by atoms with Crippen LogP contribution < -0.4 is 4.74 Å². The first-order valence-corrected chi connectivity index (χ1v) is 8.46. The van der Waals surface area contributed by atoms with E-state index in [2.05, 4.69) is 4.98 Å². The van der Waals surface area contributed by atoms with Gasteiger partial charge in [0, 0.05) is 19.2 Å². The molecule has 0 aromatic carbocycles. The predicted molar refractivity (Wildman–Crippen MR) is 91.5 cm³/mol. The Morgan fingerprint density at radius 1 is 1.36 bits per heavy atom. The van der Waals surface area contributed by atoms with Crippen molar-refractivity contribution in [2.24, 2.45) is 5.92 Å². The van der Waals surface area contributed by atoms with Crippen LogP contribution in [0, 0.1) is 16.0 Å². The maximum absolute atomic E-state index is 12.0. The molecule has 1 aromatic rings. The highest BCUT2D eigenvalue weighted by Gasteiger charge is 2.26. The molecule has 0 unspecified atom stereocenters. The van der Waals surface area contributed by atoms with Gasteiger partial charge in [-0.1, -0.05) is 0 Å². The van der Waals surface area contributed by atoms with Crippen LogP contribution in [0.3, 0.4) is 0 Å². The Bertz CT molecular complexity index is 589. The van der Waals surface area contributed by atoms with E-state index in [-0.39, 0.29) is 11.9 Å². The van der Waals surface area contributed by atoms with E-state index in [9.17, 15) is 14.9 Å². The van der Waals surface area contributed by atoms with Crippen LogP contribution in [0.25, 0.3) is 0 Å². The van der Waals surface area contributed by atoms with E-state index in [4.69, 9.17) is 9.47 Å². The molecule has 2 heterocycles. The Kier molecular flexibility index (Phi) is 6.17. The van der Waals surface area contributed by atoms with E-state index >= 15 is 0 Å². The predicted octanol–water partition coefficient (Wildman–Crippen LogP) is 3.41. The van der Waals surface area contributed by atoms with E-state index in [0.29, 0.717) is 31.4 Å². The molecular formula is C17H25N3O5. The summed E-state index contributed by atoms with van der Waals surface area (Å²) in [4.78, 5) is 27.5. The fourth-order valence-corrected chi connectivity index (χ4v) is 2.64. The Balaban J connectivity index is 1.68. The lowest BCUT2D eigenvalue weighted by Crippen LogP contribution is -2.41. The summed E-state index contributed by atoms with van der Waals surface area (Å²) in [6.07, 6.45) is 3.82. The van der Waals surface area contributed by atoms with Gasteiger partial charge in [0.2, 0.25) is 0 Å². The van der Waals surface area contributed by atoms with Crippen molar-refractivity contribution in [3.63, 3.8) is 0 Å². The second-order valence-electron chi connectivity index (χ2n) is 7.16. The monoisotopic (exact) mass is 351 g/mol.